The van der Waals surface area contributed by atoms with E-state index in [-0.39, 0.29) is 12.6 Å². The molecule has 0 aromatic carbocycles. The highest BCUT2D eigenvalue weighted by Gasteiger charge is 2.06. The lowest BCUT2D eigenvalue weighted by atomic mass is 10.0. The minimum Gasteiger partial charge on any atom is -0.463 e. The van der Waals surface area contributed by atoms with Crippen LogP contribution in [0.25, 0.3) is 0 Å². The Morgan fingerprint density at radius 1 is 0.750 bits per heavy atom. The van der Waals surface area contributed by atoms with Crippen LogP contribution in [0.2, 0.25) is 0 Å². The van der Waals surface area contributed by atoms with Crippen LogP contribution >= 0.6 is 0 Å². The van der Waals surface area contributed by atoms with Crippen LogP contribution in [0.3, 0.4) is 0 Å². The van der Waals surface area contributed by atoms with Crippen LogP contribution in [-0.4, -0.2) is 23.8 Å². The average Bonchev–Trinajstić information content (AvgIpc) is 2.59. The van der Waals surface area contributed by atoms with Gasteiger partial charge in [0.2, 0.25) is 0 Å². The number of carbonyl (C=O) groups is 1. The summed E-state index contributed by atoms with van der Waals surface area (Å²) in [5.74, 6) is -0.165. The van der Waals surface area contributed by atoms with E-state index < -0.39 is 6.10 Å². The molecule has 1 N–H and O–H groups in total. The second kappa shape index (κ2) is 18.8. The first kappa shape index (κ1) is 23.4. The Bertz CT molecular complexity index is 266. The van der Waals surface area contributed by atoms with E-state index in [4.69, 9.17) is 4.74 Å². The maximum absolute atomic E-state index is 11.4. The van der Waals surface area contributed by atoms with Gasteiger partial charge in [0.15, 0.2) is 0 Å². The molecule has 1 atom stereocenters. The molecule has 1 unspecified atom stereocenters. The van der Waals surface area contributed by atoms with Crippen molar-refractivity contribution in [1.29, 1.82) is 0 Å². The van der Waals surface area contributed by atoms with Crippen LogP contribution in [-0.2, 0) is 9.53 Å². The Morgan fingerprint density at radius 3 is 1.58 bits per heavy atom. The van der Waals surface area contributed by atoms with Crippen LogP contribution in [0.4, 0.5) is 0 Å². The van der Waals surface area contributed by atoms with Gasteiger partial charge in [0.25, 0.3) is 0 Å². The van der Waals surface area contributed by atoms with Gasteiger partial charge in [0, 0.05) is 6.42 Å². The maximum Gasteiger partial charge on any atom is 0.305 e. The van der Waals surface area contributed by atoms with E-state index in [2.05, 4.69) is 6.92 Å². The average molecular weight is 343 g/mol. The summed E-state index contributed by atoms with van der Waals surface area (Å²) in [5, 5.41) is 9.32. The molecule has 0 heterocycles. The summed E-state index contributed by atoms with van der Waals surface area (Å²) in [7, 11) is 0. The third-order valence-corrected chi connectivity index (χ3v) is 4.64. The third kappa shape index (κ3) is 17.8. The molecule has 144 valence electrons. The fraction of sp³-hybridized carbons (Fsp3) is 0.952. The number of esters is 1. The van der Waals surface area contributed by atoms with Crippen molar-refractivity contribution in [3.8, 4) is 0 Å². The quantitative estimate of drug-likeness (QED) is 0.239. The fourth-order valence-electron chi connectivity index (χ4n) is 2.84. The number of aliphatic hydroxyl groups is 1. The predicted molar refractivity (Wildman–Crippen MR) is 102 cm³/mol. The lowest BCUT2D eigenvalue weighted by Crippen LogP contribution is -2.17. The van der Waals surface area contributed by atoms with Gasteiger partial charge in [-0.15, -0.1) is 0 Å². The van der Waals surface area contributed by atoms with E-state index in [1.165, 1.54) is 77.0 Å². The van der Waals surface area contributed by atoms with Crippen molar-refractivity contribution in [2.45, 2.75) is 123 Å². The number of unbranched alkanes of at least 4 members (excludes halogenated alkanes) is 13. The number of hydrogen-bond donors (Lipinski definition) is 1. The Hall–Kier alpha value is -0.570. The number of hydrogen-bond acceptors (Lipinski definition) is 3. The van der Waals surface area contributed by atoms with Gasteiger partial charge in [-0.1, -0.05) is 97.3 Å². The van der Waals surface area contributed by atoms with E-state index in [1.807, 2.05) is 6.92 Å². The van der Waals surface area contributed by atoms with Crippen molar-refractivity contribution in [3.63, 3.8) is 0 Å². The zero-order valence-electron chi connectivity index (χ0n) is 16.4. The zero-order valence-corrected chi connectivity index (χ0v) is 16.4. The second-order valence-electron chi connectivity index (χ2n) is 7.09. The molecule has 0 aliphatic carbocycles. The van der Waals surface area contributed by atoms with Gasteiger partial charge in [-0.25, -0.2) is 0 Å². The van der Waals surface area contributed by atoms with E-state index in [9.17, 15) is 9.90 Å². The van der Waals surface area contributed by atoms with Crippen LogP contribution in [0.1, 0.15) is 117 Å². The Kier molecular flexibility index (Phi) is 18.3. The van der Waals surface area contributed by atoms with Gasteiger partial charge in [-0.05, 0) is 12.8 Å². The fourth-order valence-corrected chi connectivity index (χ4v) is 2.84. The molecule has 3 heteroatoms. The monoisotopic (exact) mass is 342 g/mol. The van der Waals surface area contributed by atoms with Crippen molar-refractivity contribution in [3.05, 3.63) is 0 Å². The van der Waals surface area contributed by atoms with Crippen molar-refractivity contribution >= 4 is 5.97 Å². The third-order valence-electron chi connectivity index (χ3n) is 4.64. The summed E-state index contributed by atoms with van der Waals surface area (Å²) in [6.07, 6.45) is 19.1. The molecule has 0 spiro atoms. The number of ether oxygens (including phenoxy) is 1. The molecule has 0 saturated carbocycles. The van der Waals surface area contributed by atoms with Crippen LogP contribution in [0.15, 0.2) is 0 Å². The molecule has 0 bridgehead atoms. The summed E-state index contributed by atoms with van der Waals surface area (Å²) >= 11 is 0. The minimum absolute atomic E-state index is 0.147. The van der Waals surface area contributed by atoms with E-state index in [0.29, 0.717) is 12.8 Å². The minimum atomic E-state index is -0.509. The molecule has 0 saturated heterocycles. The van der Waals surface area contributed by atoms with Gasteiger partial charge >= 0.3 is 5.97 Å². The van der Waals surface area contributed by atoms with E-state index in [1.54, 1.807) is 0 Å². The topological polar surface area (TPSA) is 46.5 Å². The molecular weight excluding hydrogens is 300 g/mol. The molecule has 0 radical (unpaired) electrons. The van der Waals surface area contributed by atoms with Gasteiger partial charge in [-0.2, -0.15) is 0 Å². The van der Waals surface area contributed by atoms with Gasteiger partial charge in [0.05, 0.1) is 6.10 Å². The van der Waals surface area contributed by atoms with E-state index >= 15 is 0 Å². The first-order valence-corrected chi connectivity index (χ1v) is 10.5. The highest BCUT2D eigenvalue weighted by molar-refractivity contribution is 5.69. The molecule has 0 aliphatic heterocycles. The zero-order chi connectivity index (χ0) is 17.9. The second-order valence-corrected chi connectivity index (χ2v) is 7.09. The highest BCUT2D eigenvalue weighted by atomic mass is 16.5. The van der Waals surface area contributed by atoms with Crippen LogP contribution in [0, 0.1) is 0 Å². The number of carbonyl (C=O) groups excluding carboxylic acids is 1. The highest BCUT2D eigenvalue weighted by Crippen LogP contribution is 2.13. The molecule has 0 amide bonds. The molecule has 0 aromatic rings. The van der Waals surface area contributed by atoms with Crippen molar-refractivity contribution in [1.82, 2.24) is 0 Å². The summed E-state index contributed by atoms with van der Waals surface area (Å²) in [6, 6.07) is 0. The number of aliphatic hydroxyl groups excluding tert-OH is 1. The Balaban J connectivity index is 3.13. The standard InChI is InChI=1S/C21H42O3/c1-3-5-6-7-8-9-10-11-12-13-14-15-16-17-18-21(23)24-19-20(22)4-2/h20,22H,3-19H2,1-2H3. The van der Waals surface area contributed by atoms with Crippen molar-refractivity contribution in [2.75, 3.05) is 6.61 Å². The van der Waals surface area contributed by atoms with Crippen molar-refractivity contribution in [2.24, 2.45) is 0 Å². The summed E-state index contributed by atoms with van der Waals surface area (Å²) in [4.78, 5) is 11.4. The Morgan fingerprint density at radius 2 is 1.17 bits per heavy atom. The first-order valence-electron chi connectivity index (χ1n) is 10.5. The molecule has 0 aromatic heterocycles. The maximum atomic E-state index is 11.4. The number of rotatable bonds is 18. The van der Waals surface area contributed by atoms with Gasteiger partial charge in [0.1, 0.15) is 6.61 Å². The summed E-state index contributed by atoms with van der Waals surface area (Å²) < 4.78 is 5.02. The molecule has 3 nitrogen and oxygen atoms in total. The lowest BCUT2D eigenvalue weighted by molar-refractivity contribution is -0.146. The van der Waals surface area contributed by atoms with Crippen LogP contribution < -0.4 is 0 Å². The van der Waals surface area contributed by atoms with Crippen LogP contribution in [0.5, 0.6) is 0 Å². The van der Waals surface area contributed by atoms with E-state index in [0.717, 1.165) is 12.8 Å². The van der Waals surface area contributed by atoms with Crippen molar-refractivity contribution < 1.29 is 14.6 Å². The normalized spacial score (nSPS) is 12.3. The molecule has 0 fully saturated rings. The summed E-state index contributed by atoms with van der Waals surface area (Å²) in [5.41, 5.74) is 0. The predicted octanol–water partition coefficient (Wildman–Crippen LogP) is 6.17. The summed E-state index contributed by atoms with van der Waals surface area (Å²) in [6.45, 7) is 4.30. The van der Waals surface area contributed by atoms with Gasteiger partial charge < -0.3 is 9.84 Å². The molecule has 24 heavy (non-hydrogen) atoms. The molecule has 0 aliphatic rings. The SMILES string of the molecule is CCCCCCCCCCCCCCCCC(=O)OCC(O)CC. The molecular formula is C21H42O3. The lowest BCUT2D eigenvalue weighted by Gasteiger charge is -2.08. The first-order chi connectivity index (χ1) is 11.7. The smallest absolute Gasteiger partial charge is 0.305 e. The Labute approximate surface area is 150 Å². The van der Waals surface area contributed by atoms with Gasteiger partial charge in [-0.3, -0.25) is 4.79 Å². The largest absolute Gasteiger partial charge is 0.463 e. The molecule has 0 rings (SSSR count).